The van der Waals surface area contributed by atoms with Crippen LogP contribution in [0.2, 0.25) is 10.0 Å². The molecule has 0 aromatic heterocycles. The van der Waals surface area contributed by atoms with Gasteiger partial charge in [0.2, 0.25) is 11.8 Å². The average molecular weight is 667 g/mol. The SMILES string of the molecule is Cc1ccccc1CN(C(=O)CN(c1ccc(Cl)c(Cl)c1)S(=O)(=O)c1ccccc1)C(Cc1ccccc1)C(=O)NC(C)(C)C. The predicted octanol–water partition coefficient (Wildman–Crippen LogP) is 7.05. The Morgan fingerprint density at radius 1 is 0.822 bits per heavy atom. The smallest absolute Gasteiger partial charge is 0.264 e. The summed E-state index contributed by atoms with van der Waals surface area (Å²) in [6.07, 6.45) is 0.221. The van der Waals surface area contributed by atoms with E-state index in [1.807, 2.05) is 82.3 Å². The van der Waals surface area contributed by atoms with Crippen LogP contribution in [0.5, 0.6) is 0 Å². The Balaban J connectivity index is 1.84. The topological polar surface area (TPSA) is 86.8 Å². The summed E-state index contributed by atoms with van der Waals surface area (Å²) in [5.74, 6) is -0.908. The summed E-state index contributed by atoms with van der Waals surface area (Å²) in [6.45, 7) is 7.04. The number of amides is 2. The lowest BCUT2D eigenvalue weighted by molar-refractivity contribution is -0.140. The molecule has 0 fully saturated rings. The molecule has 0 aliphatic heterocycles. The first-order valence-electron chi connectivity index (χ1n) is 14.5. The van der Waals surface area contributed by atoms with Crippen molar-refractivity contribution in [3.05, 3.63) is 130 Å². The normalized spacial score (nSPS) is 12.3. The number of rotatable bonds is 11. The second kappa shape index (κ2) is 14.5. The second-order valence-corrected chi connectivity index (χ2v) is 14.5. The maximum atomic E-state index is 14.6. The molecule has 4 rings (SSSR count). The number of hydrogen-bond donors (Lipinski definition) is 1. The van der Waals surface area contributed by atoms with Crippen molar-refractivity contribution in [1.29, 1.82) is 0 Å². The van der Waals surface area contributed by atoms with E-state index in [1.54, 1.807) is 18.2 Å². The number of hydrogen-bond acceptors (Lipinski definition) is 4. The number of nitrogens with one attached hydrogen (secondary N) is 1. The van der Waals surface area contributed by atoms with Crippen molar-refractivity contribution in [3.8, 4) is 0 Å². The molecular weight excluding hydrogens is 629 g/mol. The molecule has 0 aliphatic carbocycles. The van der Waals surface area contributed by atoms with Gasteiger partial charge in [0.15, 0.2) is 0 Å². The van der Waals surface area contributed by atoms with Gasteiger partial charge in [-0.1, -0.05) is 96.0 Å². The number of halogens is 2. The molecule has 1 N–H and O–H groups in total. The number of carbonyl (C=O) groups excluding carboxylic acids is 2. The van der Waals surface area contributed by atoms with Crippen LogP contribution in [0.4, 0.5) is 5.69 Å². The van der Waals surface area contributed by atoms with E-state index in [9.17, 15) is 18.0 Å². The molecule has 1 atom stereocenters. The molecule has 0 saturated carbocycles. The van der Waals surface area contributed by atoms with E-state index in [0.29, 0.717) is 0 Å². The van der Waals surface area contributed by atoms with Gasteiger partial charge in [-0.3, -0.25) is 13.9 Å². The fourth-order valence-electron chi connectivity index (χ4n) is 4.87. The molecule has 2 amide bonds. The highest BCUT2D eigenvalue weighted by atomic mass is 35.5. The van der Waals surface area contributed by atoms with Crippen LogP contribution in [0.1, 0.15) is 37.5 Å². The van der Waals surface area contributed by atoms with Gasteiger partial charge < -0.3 is 10.2 Å². The maximum Gasteiger partial charge on any atom is 0.264 e. The molecular formula is C35H37Cl2N3O4S. The minimum atomic E-state index is -4.24. The molecule has 236 valence electrons. The van der Waals surface area contributed by atoms with Gasteiger partial charge in [0.25, 0.3) is 10.0 Å². The van der Waals surface area contributed by atoms with E-state index in [2.05, 4.69) is 5.32 Å². The lowest BCUT2D eigenvalue weighted by Gasteiger charge is -2.35. The van der Waals surface area contributed by atoms with E-state index in [0.717, 1.165) is 21.0 Å². The summed E-state index contributed by atoms with van der Waals surface area (Å²) < 4.78 is 29.2. The van der Waals surface area contributed by atoms with Crippen LogP contribution in [-0.4, -0.2) is 43.3 Å². The van der Waals surface area contributed by atoms with Gasteiger partial charge in [0.1, 0.15) is 12.6 Å². The summed E-state index contributed by atoms with van der Waals surface area (Å²) in [5, 5.41) is 3.41. The third-order valence-electron chi connectivity index (χ3n) is 7.17. The van der Waals surface area contributed by atoms with Crippen molar-refractivity contribution in [1.82, 2.24) is 10.2 Å². The van der Waals surface area contributed by atoms with Crippen LogP contribution in [0.3, 0.4) is 0 Å². The zero-order chi connectivity index (χ0) is 32.8. The van der Waals surface area contributed by atoms with Crippen LogP contribution < -0.4 is 9.62 Å². The average Bonchev–Trinajstić information content (AvgIpc) is 3.00. The van der Waals surface area contributed by atoms with Gasteiger partial charge in [0.05, 0.1) is 20.6 Å². The second-order valence-electron chi connectivity index (χ2n) is 11.8. The Hall–Kier alpha value is -3.85. The van der Waals surface area contributed by atoms with Crippen molar-refractivity contribution in [2.75, 3.05) is 10.8 Å². The van der Waals surface area contributed by atoms with Gasteiger partial charge in [-0.25, -0.2) is 8.42 Å². The highest BCUT2D eigenvalue weighted by Gasteiger charge is 2.36. The van der Waals surface area contributed by atoms with Crippen LogP contribution in [0.25, 0.3) is 0 Å². The highest BCUT2D eigenvalue weighted by molar-refractivity contribution is 7.92. The van der Waals surface area contributed by atoms with E-state index in [-0.39, 0.29) is 39.5 Å². The first-order chi connectivity index (χ1) is 21.3. The van der Waals surface area contributed by atoms with Crippen molar-refractivity contribution in [2.45, 2.75) is 57.1 Å². The van der Waals surface area contributed by atoms with Crippen LogP contribution >= 0.6 is 23.2 Å². The third-order valence-corrected chi connectivity index (χ3v) is 9.70. The van der Waals surface area contributed by atoms with Crippen LogP contribution in [0.15, 0.2) is 108 Å². The van der Waals surface area contributed by atoms with Gasteiger partial charge >= 0.3 is 0 Å². The standard InChI is InChI=1S/C35H37Cl2N3O4S/c1-25-13-11-12-16-27(25)23-39(32(34(42)38-35(2,3)4)21-26-14-7-5-8-15-26)33(41)24-40(28-19-20-30(36)31(37)22-28)45(43,44)29-17-9-6-10-18-29/h5-20,22,32H,21,23-24H2,1-4H3,(H,38,42). The zero-order valence-electron chi connectivity index (χ0n) is 25.7. The van der Waals surface area contributed by atoms with Gasteiger partial charge in [-0.05, 0) is 74.7 Å². The molecule has 4 aromatic carbocycles. The monoisotopic (exact) mass is 665 g/mol. The first kappa shape index (κ1) is 34.0. The Kier molecular flexibility index (Phi) is 11.0. The maximum absolute atomic E-state index is 14.6. The number of sulfonamides is 1. The lowest BCUT2D eigenvalue weighted by atomic mass is 10.00. The third kappa shape index (κ3) is 8.87. The quantitative estimate of drug-likeness (QED) is 0.186. The van der Waals surface area contributed by atoms with Gasteiger partial charge in [0, 0.05) is 18.5 Å². The molecule has 0 bridgehead atoms. The fourth-order valence-corrected chi connectivity index (χ4v) is 6.59. The summed E-state index contributed by atoms with van der Waals surface area (Å²) in [7, 11) is -4.24. The molecule has 0 spiro atoms. The summed E-state index contributed by atoms with van der Waals surface area (Å²) >= 11 is 12.5. The number of aryl methyl sites for hydroxylation is 1. The molecule has 10 heteroatoms. The van der Waals surface area contributed by atoms with Gasteiger partial charge in [-0.2, -0.15) is 0 Å². The van der Waals surface area contributed by atoms with Crippen LogP contribution in [-0.2, 0) is 32.6 Å². The summed E-state index contributed by atoms with van der Waals surface area (Å²) in [6, 6.07) is 28.3. The number of benzene rings is 4. The van der Waals surface area contributed by atoms with Crippen molar-refractivity contribution < 1.29 is 18.0 Å². The molecule has 45 heavy (non-hydrogen) atoms. The minimum absolute atomic E-state index is 0.000590. The molecule has 1 unspecified atom stereocenters. The zero-order valence-corrected chi connectivity index (χ0v) is 28.0. The Bertz CT molecular complexity index is 1740. The van der Waals surface area contributed by atoms with E-state index in [4.69, 9.17) is 23.2 Å². The van der Waals surface area contributed by atoms with E-state index in [1.165, 1.54) is 35.2 Å². The Morgan fingerprint density at radius 3 is 2.02 bits per heavy atom. The summed E-state index contributed by atoms with van der Waals surface area (Å²) in [5.41, 5.74) is 2.21. The van der Waals surface area contributed by atoms with Crippen molar-refractivity contribution >= 4 is 50.7 Å². The molecule has 4 aromatic rings. The van der Waals surface area contributed by atoms with E-state index >= 15 is 0 Å². The fraction of sp³-hybridized carbons (Fsp3) is 0.257. The first-order valence-corrected chi connectivity index (χ1v) is 16.7. The minimum Gasteiger partial charge on any atom is -0.350 e. The lowest BCUT2D eigenvalue weighted by Crippen LogP contribution is -2.56. The molecule has 7 nitrogen and oxygen atoms in total. The predicted molar refractivity (Wildman–Crippen MR) is 181 cm³/mol. The van der Waals surface area contributed by atoms with Crippen molar-refractivity contribution in [3.63, 3.8) is 0 Å². The number of anilines is 1. The largest absolute Gasteiger partial charge is 0.350 e. The molecule has 0 radical (unpaired) electrons. The molecule has 0 saturated heterocycles. The van der Waals surface area contributed by atoms with Gasteiger partial charge in [-0.15, -0.1) is 0 Å². The highest BCUT2D eigenvalue weighted by Crippen LogP contribution is 2.31. The van der Waals surface area contributed by atoms with Crippen molar-refractivity contribution in [2.24, 2.45) is 0 Å². The van der Waals surface area contributed by atoms with E-state index < -0.39 is 34.1 Å². The van der Waals surface area contributed by atoms with Crippen LogP contribution in [0, 0.1) is 6.92 Å². The molecule has 0 heterocycles. The molecule has 0 aliphatic rings. The summed E-state index contributed by atoms with van der Waals surface area (Å²) in [4.78, 5) is 30.0. The number of nitrogens with zero attached hydrogens (tertiary/aromatic N) is 2. The number of carbonyl (C=O) groups is 2. The Labute approximate surface area is 275 Å². The Morgan fingerprint density at radius 2 is 1.42 bits per heavy atom.